The lowest BCUT2D eigenvalue weighted by atomic mass is 9.97. The molecule has 0 aliphatic rings. The highest BCUT2D eigenvalue weighted by Gasteiger charge is 2.17. The van der Waals surface area contributed by atoms with Crippen LogP contribution in [-0.2, 0) is 4.79 Å². The molecule has 1 aromatic rings. The number of hydrazone groups is 1. The van der Waals surface area contributed by atoms with Crippen LogP contribution in [0.25, 0.3) is 0 Å². The van der Waals surface area contributed by atoms with Crippen molar-refractivity contribution >= 4 is 29.5 Å². The van der Waals surface area contributed by atoms with E-state index in [4.69, 9.17) is 10.8 Å². The van der Waals surface area contributed by atoms with Gasteiger partial charge in [-0.3, -0.25) is 10.2 Å². The molecule has 0 radical (unpaired) electrons. The third-order valence-electron chi connectivity index (χ3n) is 2.11. The van der Waals surface area contributed by atoms with E-state index in [0.29, 0.717) is 0 Å². The van der Waals surface area contributed by atoms with E-state index in [0.717, 1.165) is 5.56 Å². The van der Waals surface area contributed by atoms with Crippen molar-refractivity contribution in [2.75, 3.05) is 0 Å². The normalized spacial score (nSPS) is 12.2. The maximum atomic E-state index is 11.1. The molecule has 0 saturated carbocycles. The van der Waals surface area contributed by atoms with E-state index < -0.39 is 11.9 Å². The highest BCUT2D eigenvalue weighted by Crippen LogP contribution is 2.18. The first-order valence-electron chi connectivity index (χ1n) is 4.96. The maximum absolute atomic E-state index is 11.1. The molecule has 0 saturated heterocycles. The summed E-state index contributed by atoms with van der Waals surface area (Å²) in [5.74, 6) is -1.51. The van der Waals surface area contributed by atoms with E-state index >= 15 is 0 Å². The number of aliphatic carboxylic acids is 1. The fraction of sp³-hybridized carbons (Fsp3) is 0.182. The summed E-state index contributed by atoms with van der Waals surface area (Å²) in [5, 5.41) is 12.9. The number of nitrogens with zero attached hydrogens (tertiary/aromatic N) is 1. The Labute approximate surface area is 104 Å². The van der Waals surface area contributed by atoms with Gasteiger partial charge in [0, 0.05) is 12.6 Å². The minimum Gasteiger partial charge on any atom is -0.481 e. The van der Waals surface area contributed by atoms with Crippen LogP contribution in [-0.4, -0.2) is 22.4 Å². The first kappa shape index (κ1) is 13.1. The van der Waals surface area contributed by atoms with Crippen LogP contribution >= 0.6 is 12.2 Å². The zero-order chi connectivity index (χ0) is 12.7. The first-order valence-corrected chi connectivity index (χ1v) is 5.37. The zero-order valence-corrected chi connectivity index (χ0v) is 9.85. The van der Waals surface area contributed by atoms with Gasteiger partial charge in [0.15, 0.2) is 5.11 Å². The molecule has 90 valence electrons. The Bertz CT molecular complexity index is 420. The lowest BCUT2D eigenvalue weighted by Gasteiger charge is -2.09. The molecule has 0 bridgehead atoms. The molecule has 0 aliphatic heterocycles. The van der Waals surface area contributed by atoms with Crippen molar-refractivity contribution in [1.29, 1.82) is 0 Å². The summed E-state index contributed by atoms with van der Waals surface area (Å²) < 4.78 is 0. The summed E-state index contributed by atoms with van der Waals surface area (Å²) in [5.41, 5.74) is 8.29. The van der Waals surface area contributed by atoms with Gasteiger partial charge in [-0.2, -0.15) is 5.10 Å². The van der Waals surface area contributed by atoms with Crippen molar-refractivity contribution in [3.05, 3.63) is 35.9 Å². The van der Waals surface area contributed by atoms with E-state index in [1.54, 1.807) is 24.3 Å². The number of nitrogens with two attached hydrogens (primary N) is 1. The number of hydrogen-bond donors (Lipinski definition) is 3. The third kappa shape index (κ3) is 4.60. The predicted octanol–water partition coefficient (Wildman–Crippen LogP) is 1.06. The van der Waals surface area contributed by atoms with Crippen LogP contribution in [0, 0.1) is 0 Å². The zero-order valence-electron chi connectivity index (χ0n) is 9.04. The molecule has 0 aliphatic carbocycles. The number of carboxylic acid groups (broad SMARTS) is 1. The van der Waals surface area contributed by atoms with Crippen molar-refractivity contribution < 1.29 is 9.90 Å². The van der Waals surface area contributed by atoms with Gasteiger partial charge < -0.3 is 10.8 Å². The molecule has 0 aromatic heterocycles. The second kappa shape index (κ2) is 6.59. The number of hydrogen-bond acceptors (Lipinski definition) is 3. The van der Waals surface area contributed by atoms with Gasteiger partial charge >= 0.3 is 5.97 Å². The summed E-state index contributed by atoms with van der Waals surface area (Å²) in [6, 6.07) is 8.98. The molecule has 1 aromatic carbocycles. The monoisotopic (exact) mass is 251 g/mol. The quantitative estimate of drug-likeness (QED) is 0.414. The van der Waals surface area contributed by atoms with Crippen LogP contribution in [0.5, 0.6) is 0 Å². The smallest absolute Gasteiger partial charge is 0.311 e. The van der Waals surface area contributed by atoms with E-state index in [1.807, 2.05) is 6.07 Å². The van der Waals surface area contributed by atoms with Crippen LogP contribution in [0.4, 0.5) is 0 Å². The van der Waals surface area contributed by atoms with E-state index in [1.165, 1.54) is 6.21 Å². The molecule has 1 unspecified atom stereocenters. The van der Waals surface area contributed by atoms with E-state index in [9.17, 15) is 4.79 Å². The van der Waals surface area contributed by atoms with Gasteiger partial charge in [0.1, 0.15) is 0 Å². The lowest BCUT2D eigenvalue weighted by molar-refractivity contribution is -0.138. The number of thiocarbonyl (C=S) groups is 1. The molecule has 0 amide bonds. The summed E-state index contributed by atoms with van der Waals surface area (Å²) >= 11 is 4.56. The van der Waals surface area contributed by atoms with E-state index in [-0.39, 0.29) is 11.5 Å². The standard InChI is InChI=1S/C11H13N3O2S/c12-11(17)14-13-7-6-9(10(15)16)8-4-2-1-3-5-8/h1-5,7,9H,6H2,(H,15,16)(H3,12,14,17). The van der Waals surface area contributed by atoms with Gasteiger partial charge in [-0.25, -0.2) is 0 Å². The molecule has 4 N–H and O–H groups in total. The van der Waals surface area contributed by atoms with Crippen LogP contribution in [0.2, 0.25) is 0 Å². The molecular weight excluding hydrogens is 238 g/mol. The third-order valence-corrected chi connectivity index (χ3v) is 2.20. The number of rotatable bonds is 5. The van der Waals surface area contributed by atoms with Crippen molar-refractivity contribution in [3.63, 3.8) is 0 Å². The van der Waals surface area contributed by atoms with Crippen molar-refractivity contribution in [1.82, 2.24) is 5.43 Å². The molecular formula is C11H13N3O2S. The van der Waals surface area contributed by atoms with Gasteiger partial charge in [-0.15, -0.1) is 0 Å². The molecule has 1 atom stereocenters. The summed E-state index contributed by atoms with van der Waals surface area (Å²) in [7, 11) is 0. The highest BCUT2D eigenvalue weighted by atomic mass is 32.1. The summed E-state index contributed by atoms with van der Waals surface area (Å²) in [4.78, 5) is 11.1. The van der Waals surface area contributed by atoms with Gasteiger partial charge in [0.25, 0.3) is 0 Å². The van der Waals surface area contributed by atoms with Crippen LogP contribution in [0.1, 0.15) is 17.9 Å². The summed E-state index contributed by atoms with van der Waals surface area (Å²) in [6.07, 6.45) is 1.72. The highest BCUT2D eigenvalue weighted by molar-refractivity contribution is 7.80. The van der Waals surface area contributed by atoms with Crippen LogP contribution in [0.3, 0.4) is 0 Å². The van der Waals surface area contributed by atoms with Gasteiger partial charge in [0.05, 0.1) is 5.92 Å². The minimum absolute atomic E-state index is 0.0489. The number of nitrogens with one attached hydrogen (secondary N) is 1. The average molecular weight is 251 g/mol. The van der Waals surface area contributed by atoms with Crippen LogP contribution in [0.15, 0.2) is 35.4 Å². The van der Waals surface area contributed by atoms with Crippen LogP contribution < -0.4 is 11.2 Å². The Morgan fingerprint density at radius 3 is 2.71 bits per heavy atom. The Kier molecular flexibility index (Phi) is 5.09. The first-order chi connectivity index (χ1) is 8.11. The molecule has 17 heavy (non-hydrogen) atoms. The van der Waals surface area contributed by atoms with Crippen molar-refractivity contribution in [2.45, 2.75) is 12.3 Å². The SMILES string of the molecule is NC(=S)NN=CCC(C(=O)O)c1ccccc1. The van der Waals surface area contributed by atoms with Crippen molar-refractivity contribution in [2.24, 2.45) is 10.8 Å². The van der Waals surface area contributed by atoms with Gasteiger partial charge in [-0.05, 0) is 17.8 Å². The lowest BCUT2D eigenvalue weighted by Crippen LogP contribution is -2.24. The number of carbonyl (C=O) groups is 1. The fourth-order valence-corrected chi connectivity index (χ4v) is 1.38. The second-order valence-electron chi connectivity index (χ2n) is 3.32. The number of carboxylic acids is 1. The molecule has 6 heteroatoms. The van der Waals surface area contributed by atoms with Gasteiger partial charge in [-0.1, -0.05) is 30.3 Å². The fourth-order valence-electron chi connectivity index (χ4n) is 1.33. The molecule has 5 nitrogen and oxygen atoms in total. The molecule has 1 rings (SSSR count). The number of benzene rings is 1. The van der Waals surface area contributed by atoms with E-state index in [2.05, 4.69) is 22.7 Å². The predicted molar refractivity (Wildman–Crippen MR) is 69.8 cm³/mol. The average Bonchev–Trinajstić information content (AvgIpc) is 2.29. The Morgan fingerprint density at radius 1 is 1.53 bits per heavy atom. The minimum atomic E-state index is -0.891. The Hall–Kier alpha value is -1.95. The van der Waals surface area contributed by atoms with Crippen molar-refractivity contribution in [3.8, 4) is 0 Å². The maximum Gasteiger partial charge on any atom is 0.311 e. The largest absolute Gasteiger partial charge is 0.481 e. The Morgan fingerprint density at radius 2 is 2.18 bits per heavy atom. The molecule has 0 spiro atoms. The summed E-state index contributed by atoms with van der Waals surface area (Å²) in [6.45, 7) is 0. The second-order valence-corrected chi connectivity index (χ2v) is 3.76. The van der Waals surface area contributed by atoms with Gasteiger partial charge in [0.2, 0.25) is 0 Å². The molecule has 0 heterocycles. The Balaban J connectivity index is 2.65. The topological polar surface area (TPSA) is 87.7 Å². The molecule has 0 fully saturated rings.